The van der Waals surface area contributed by atoms with Crippen LogP contribution in [0.25, 0.3) is 0 Å². The van der Waals surface area contributed by atoms with E-state index in [9.17, 15) is 4.79 Å². The fourth-order valence-corrected chi connectivity index (χ4v) is 2.61. The minimum Gasteiger partial charge on any atom is -0.332 e. The quantitative estimate of drug-likeness (QED) is 0.887. The average molecular weight is 339 g/mol. The van der Waals surface area contributed by atoms with Gasteiger partial charge >= 0.3 is 6.03 Å². The molecule has 1 saturated carbocycles. The second-order valence-electron chi connectivity index (χ2n) is 5.39. The standard InChI is InChI=1S/C15H16Cl2N4O/c1-21-14(9-2-3-9)7-11(20-21)8-18-15(22)19-10-4-5-12(16)13(17)6-10/h4-7,9H,2-3,8H2,1H3,(H2,18,19,22). The maximum Gasteiger partial charge on any atom is 0.319 e. The van der Waals surface area contributed by atoms with Crippen molar-refractivity contribution in [2.45, 2.75) is 25.3 Å². The van der Waals surface area contributed by atoms with Gasteiger partial charge in [0.15, 0.2) is 0 Å². The molecule has 1 aliphatic rings. The molecule has 0 spiro atoms. The summed E-state index contributed by atoms with van der Waals surface area (Å²) in [5.74, 6) is 0.635. The van der Waals surface area contributed by atoms with Crippen LogP contribution < -0.4 is 10.6 Å². The Morgan fingerprint density at radius 3 is 2.77 bits per heavy atom. The van der Waals surface area contributed by atoms with Gasteiger partial charge in [0.25, 0.3) is 0 Å². The van der Waals surface area contributed by atoms with Crippen LogP contribution >= 0.6 is 23.2 Å². The third-order valence-electron chi connectivity index (χ3n) is 3.57. The van der Waals surface area contributed by atoms with Crippen LogP contribution in [0.15, 0.2) is 24.3 Å². The third kappa shape index (κ3) is 3.54. The Balaban J connectivity index is 1.55. The first-order chi connectivity index (χ1) is 10.5. The van der Waals surface area contributed by atoms with Crippen LogP contribution in [0, 0.1) is 0 Å². The monoisotopic (exact) mass is 338 g/mol. The highest BCUT2D eigenvalue weighted by Gasteiger charge is 2.27. The van der Waals surface area contributed by atoms with E-state index >= 15 is 0 Å². The number of hydrogen-bond acceptors (Lipinski definition) is 2. The van der Waals surface area contributed by atoms with Crippen LogP contribution in [-0.2, 0) is 13.6 Å². The zero-order valence-corrected chi connectivity index (χ0v) is 13.6. The van der Waals surface area contributed by atoms with Gasteiger partial charge in [-0.2, -0.15) is 5.10 Å². The van der Waals surface area contributed by atoms with E-state index in [0.717, 1.165) is 5.69 Å². The van der Waals surface area contributed by atoms with Gasteiger partial charge in [0.2, 0.25) is 0 Å². The van der Waals surface area contributed by atoms with E-state index in [1.165, 1.54) is 18.5 Å². The van der Waals surface area contributed by atoms with Crippen molar-refractivity contribution in [1.82, 2.24) is 15.1 Å². The highest BCUT2D eigenvalue weighted by Crippen LogP contribution is 2.39. The lowest BCUT2D eigenvalue weighted by atomic mass is 10.2. The van der Waals surface area contributed by atoms with Crippen LogP contribution in [-0.4, -0.2) is 15.8 Å². The largest absolute Gasteiger partial charge is 0.332 e. The lowest BCUT2D eigenvalue weighted by Gasteiger charge is -2.07. The van der Waals surface area contributed by atoms with Gasteiger partial charge in [-0.15, -0.1) is 0 Å². The summed E-state index contributed by atoms with van der Waals surface area (Å²) in [5.41, 5.74) is 2.68. The SMILES string of the molecule is Cn1nc(CNC(=O)Nc2ccc(Cl)c(Cl)c2)cc1C1CC1. The van der Waals surface area contributed by atoms with E-state index in [-0.39, 0.29) is 6.03 Å². The summed E-state index contributed by atoms with van der Waals surface area (Å²) in [6, 6.07) is 6.68. The number of carbonyl (C=O) groups is 1. The molecule has 0 atom stereocenters. The van der Waals surface area contributed by atoms with E-state index in [0.29, 0.717) is 28.2 Å². The van der Waals surface area contributed by atoms with Crippen LogP contribution in [0.3, 0.4) is 0 Å². The number of benzene rings is 1. The van der Waals surface area contributed by atoms with Crippen molar-refractivity contribution in [3.05, 3.63) is 45.7 Å². The second kappa shape index (κ2) is 6.18. The number of urea groups is 1. The zero-order valence-electron chi connectivity index (χ0n) is 12.1. The Morgan fingerprint density at radius 2 is 2.09 bits per heavy atom. The summed E-state index contributed by atoms with van der Waals surface area (Å²) in [6.07, 6.45) is 2.45. The van der Waals surface area contributed by atoms with Crippen LogP contribution in [0.2, 0.25) is 10.0 Å². The zero-order chi connectivity index (χ0) is 15.7. The van der Waals surface area contributed by atoms with Crippen LogP contribution in [0.4, 0.5) is 10.5 Å². The fourth-order valence-electron chi connectivity index (χ4n) is 2.31. The van der Waals surface area contributed by atoms with Gasteiger partial charge in [0.1, 0.15) is 0 Å². The van der Waals surface area contributed by atoms with E-state index in [2.05, 4.69) is 21.8 Å². The van der Waals surface area contributed by atoms with E-state index in [4.69, 9.17) is 23.2 Å². The highest BCUT2D eigenvalue weighted by atomic mass is 35.5. The molecule has 1 aromatic carbocycles. The van der Waals surface area contributed by atoms with Gasteiger partial charge in [0.05, 0.1) is 22.3 Å². The van der Waals surface area contributed by atoms with Gasteiger partial charge in [-0.25, -0.2) is 4.79 Å². The molecule has 2 aromatic rings. The number of amides is 2. The first-order valence-electron chi connectivity index (χ1n) is 7.05. The maximum absolute atomic E-state index is 11.9. The molecular weight excluding hydrogens is 323 g/mol. The molecule has 5 nitrogen and oxygen atoms in total. The van der Waals surface area contributed by atoms with Crippen LogP contribution in [0.1, 0.15) is 30.1 Å². The number of nitrogens with one attached hydrogen (secondary N) is 2. The summed E-state index contributed by atoms with van der Waals surface area (Å²) in [5, 5.41) is 10.8. The van der Waals surface area contributed by atoms with Gasteiger partial charge in [-0.05, 0) is 37.1 Å². The number of nitrogens with zero attached hydrogens (tertiary/aromatic N) is 2. The van der Waals surface area contributed by atoms with Crippen molar-refractivity contribution in [2.24, 2.45) is 7.05 Å². The van der Waals surface area contributed by atoms with Gasteiger partial charge in [-0.3, -0.25) is 4.68 Å². The smallest absolute Gasteiger partial charge is 0.319 e. The van der Waals surface area contributed by atoms with Crippen LogP contribution in [0.5, 0.6) is 0 Å². The number of aromatic nitrogens is 2. The van der Waals surface area contributed by atoms with E-state index in [1.807, 2.05) is 11.7 Å². The van der Waals surface area contributed by atoms with Crippen molar-refractivity contribution in [3.63, 3.8) is 0 Å². The number of aryl methyl sites for hydroxylation is 1. The first kappa shape index (κ1) is 15.2. The number of hydrogen-bond donors (Lipinski definition) is 2. The molecule has 7 heteroatoms. The number of carbonyl (C=O) groups excluding carboxylic acids is 1. The average Bonchev–Trinajstić information content (AvgIpc) is 3.24. The molecule has 0 aliphatic heterocycles. The Bertz CT molecular complexity index is 710. The normalized spacial score (nSPS) is 14.0. The van der Waals surface area contributed by atoms with Gasteiger partial charge < -0.3 is 10.6 Å². The molecule has 1 heterocycles. The summed E-state index contributed by atoms with van der Waals surface area (Å²) in [7, 11) is 1.94. The number of halogens is 2. The lowest BCUT2D eigenvalue weighted by molar-refractivity contribution is 0.251. The summed E-state index contributed by atoms with van der Waals surface area (Å²) in [4.78, 5) is 11.9. The first-order valence-corrected chi connectivity index (χ1v) is 7.81. The predicted octanol–water partition coefficient (Wildman–Crippen LogP) is 3.93. The topological polar surface area (TPSA) is 59.0 Å². The molecule has 22 heavy (non-hydrogen) atoms. The number of rotatable bonds is 4. The second-order valence-corrected chi connectivity index (χ2v) is 6.21. The molecule has 1 fully saturated rings. The maximum atomic E-state index is 11.9. The molecule has 0 bridgehead atoms. The minimum absolute atomic E-state index is 0.308. The van der Waals surface area contributed by atoms with Crippen molar-refractivity contribution in [3.8, 4) is 0 Å². The third-order valence-corrected chi connectivity index (χ3v) is 4.31. The Kier molecular flexibility index (Phi) is 4.27. The fraction of sp³-hybridized carbons (Fsp3) is 0.333. The molecule has 116 valence electrons. The van der Waals surface area contributed by atoms with Crippen molar-refractivity contribution in [2.75, 3.05) is 5.32 Å². The molecule has 0 radical (unpaired) electrons. The summed E-state index contributed by atoms with van der Waals surface area (Å²) < 4.78 is 1.89. The molecule has 2 amide bonds. The van der Waals surface area contributed by atoms with Gasteiger partial charge in [-0.1, -0.05) is 23.2 Å². The molecular formula is C15H16Cl2N4O. The van der Waals surface area contributed by atoms with Crippen molar-refractivity contribution < 1.29 is 4.79 Å². The molecule has 1 aromatic heterocycles. The lowest BCUT2D eigenvalue weighted by Crippen LogP contribution is -2.28. The molecule has 0 saturated heterocycles. The Hall–Kier alpha value is -1.72. The highest BCUT2D eigenvalue weighted by molar-refractivity contribution is 6.42. The Morgan fingerprint density at radius 1 is 1.32 bits per heavy atom. The minimum atomic E-state index is -0.308. The number of anilines is 1. The molecule has 1 aliphatic carbocycles. The van der Waals surface area contributed by atoms with Crippen molar-refractivity contribution >= 4 is 34.9 Å². The molecule has 0 unspecified atom stereocenters. The molecule has 2 N–H and O–H groups in total. The van der Waals surface area contributed by atoms with Gasteiger partial charge in [0, 0.05) is 24.3 Å². The Labute approximate surface area is 138 Å². The van der Waals surface area contributed by atoms with E-state index in [1.54, 1.807) is 18.2 Å². The predicted molar refractivity (Wildman–Crippen MR) is 87.5 cm³/mol. The molecule has 3 rings (SSSR count). The van der Waals surface area contributed by atoms with Crippen molar-refractivity contribution in [1.29, 1.82) is 0 Å². The van der Waals surface area contributed by atoms with E-state index < -0.39 is 0 Å². The summed E-state index contributed by atoms with van der Waals surface area (Å²) >= 11 is 11.7. The summed E-state index contributed by atoms with van der Waals surface area (Å²) in [6.45, 7) is 0.383.